The van der Waals surface area contributed by atoms with Crippen molar-refractivity contribution in [3.8, 4) is 0 Å². The molecule has 0 spiro atoms. The second kappa shape index (κ2) is 67.5. The number of ether oxygens (including phenoxy) is 4. The standard InChI is InChI=1S/C77H150O17P2/c1-8-9-10-11-12-13-14-15-22-30-37-44-51-58-74(79)87-65-73(94-77(82)61-54-47-40-33-26-25-29-36-43-50-57-70(6)7)67-92-96(85,86)90-63-71(78)62-89-95(83,84)91-66-72(93-76(81)60-53-46-39-32-24-19-17-21-28-35-42-49-56-69(4)5)64-88-75(80)59-52-45-38-31-23-18-16-20-27-34-41-48-55-68(2)3/h68-73,78H,8-67H2,1-7H3,(H,83,84)(H,85,86)/t71-,72-,73-/m1/s1. The molecule has 0 saturated heterocycles. The minimum Gasteiger partial charge on any atom is -0.462 e. The first-order chi connectivity index (χ1) is 46.2. The topological polar surface area (TPSA) is 237 Å². The molecule has 0 amide bonds. The van der Waals surface area contributed by atoms with E-state index in [4.69, 9.17) is 37.0 Å². The number of phosphoric ester groups is 2. The van der Waals surface area contributed by atoms with Crippen molar-refractivity contribution in [3.63, 3.8) is 0 Å². The number of rotatable bonds is 75. The van der Waals surface area contributed by atoms with Crippen LogP contribution in [0.4, 0.5) is 0 Å². The monoisotopic (exact) mass is 1410 g/mol. The zero-order chi connectivity index (χ0) is 70.9. The molecule has 5 atom stereocenters. The molecule has 0 aromatic rings. The molecule has 96 heavy (non-hydrogen) atoms. The number of hydrogen-bond donors (Lipinski definition) is 3. The van der Waals surface area contributed by atoms with Crippen LogP contribution in [0.3, 0.4) is 0 Å². The average molecular weight is 1410 g/mol. The van der Waals surface area contributed by atoms with Crippen LogP contribution in [0.1, 0.15) is 395 Å². The van der Waals surface area contributed by atoms with E-state index in [1.165, 1.54) is 205 Å². The van der Waals surface area contributed by atoms with Crippen molar-refractivity contribution in [2.24, 2.45) is 17.8 Å². The Bertz CT molecular complexity index is 1870. The number of hydrogen-bond acceptors (Lipinski definition) is 15. The fourth-order valence-electron chi connectivity index (χ4n) is 11.8. The highest BCUT2D eigenvalue weighted by Crippen LogP contribution is 2.45. The summed E-state index contributed by atoms with van der Waals surface area (Å²) in [5, 5.41) is 10.6. The van der Waals surface area contributed by atoms with Crippen LogP contribution in [-0.4, -0.2) is 96.7 Å². The Morgan fingerprint density at radius 2 is 0.479 bits per heavy atom. The highest BCUT2D eigenvalue weighted by molar-refractivity contribution is 7.47. The molecule has 2 unspecified atom stereocenters. The predicted molar refractivity (Wildman–Crippen MR) is 391 cm³/mol. The molecule has 0 aromatic carbocycles. The van der Waals surface area contributed by atoms with Crippen molar-refractivity contribution in [3.05, 3.63) is 0 Å². The normalized spacial score (nSPS) is 14.1. The Hall–Kier alpha value is -1.94. The first-order valence-corrected chi connectivity index (χ1v) is 42.8. The minimum atomic E-state index is -4.96. The molecule has 0 heterocycles. The van der Waals surface area contributed by atoms with Gasteiger partial charge < -0.3 is 33.8 Å². The van der Waals surface area contributed by atoms with Gasteiger partial charge >= 0.3 is 39.5 Å². The van der Waals surface area contributed by atoms with E-state index in [-0.39, 0.29) is 25.7 Å². The molecule has 0 rings (SSSR count). The van der Waals surface area contributed by atoms with E-state index < -0.39 is 97.5 Å². The number of phosphoric acid groups is 2. The molecule has 0 aliphatic carbocycles. The number of esters is 4. The summed E-state index contributed by atoms with van der Waals surface area (Å²) in [6, 6.07) is 0. The van der Waals surface area contributed by atoms with Crippen LogP contribution in [0.15, 0.2) is 0 Å². The van der Waals surface area contributed by atoms with E-state index in [9.17, 15) is 43.2 Å². The first kappa shape index (κ1) is 94.1. The molecular formula is C77H150O17P2. The van der Waals surface area contributed by atoms with Gasteiger partial charge in [0.2, 0.25) is 0 Å². The molecule has 19 heteroatoms. The maximum atomic E-state index is 13.1. The molecular weight excluding hydrogens is 1260 g/mol. The Kier molecular flexibility index (Phi) is 66.2. The van der Waals surface area contributed by atoms with Crippen LogP contribution in [0.2, 0.25) is 0 Å². The van der Waals surface area contributed by atoms with Gasteiger partial charge in [-0.25, -0.2) is 9.13 Å². The number of aliphatic hydroxyl groups excluding tert-OH is 1. The third-order valence-electron chi connectivity index (χ3n) is 17.9. The summed E-state index contributed by atoms with van der Waals surface area (Å²) in [4.78, 5) is 72.9. The average Bonchev–Trinajstić information content (AvgIpc) is 1.82. The zero-order valence-corrected chi connectivity index (χ0v) is 64.6. The van der Waals surface area contributed by atoms with Gasteiger partial charge in [0, 0.05) is 25.7 Å². The molecule has 0 aliphatic heterocycles. The van der Waals surface area contributed by atoms with Crippen molar-refractivity contribution in [2.45, 2.75) is 414 Å². The fraction of sp³-hybridized carbons (Fsp3) is 0.948. The van der Waals surface area contributed by atoms with E-state index in [0.29, 0.717) is 25.7 Å². The van der Waals surface area contributed by atoms with Crippen LogP contribution in [0.5, 0.6) is 0 Å². The smallest absolute Gasteiger partial charge is 0.462 e. The lowest BCUT2D eigenvalue weighted by Gasteiger charge is -2.21. The van der Waals surface area contributed by atoms with E-state index in [1.54, 1.807) is 0 Å². The number of carbonyl (C=O) groups excluding carboxylic acids is 4. The number of aliphatic hydroxyl groups is 1. The molecule has 3 N–H and O–H groups in total. The summed E-state index contributed by atoms with van der Waals surface area (Å²) < 4.78 is 68.6. The summed E-state index contributed by atoms with van der Waals surface area (Å²) in [5.74, 6) is 0.196. The van der Waals surface area contributed by atoms with Crippen LogP contribution in [0.25, 0.3) is 0 Å². The summed E-state index contributed by atoms with van der Waals surface area (Å²) in [6.07, 6.45) is 53.9. The van der Waals surface area contributed by atoms with Gasteiger partial charge in [0.05, 0.1) is 26.4 Å². The van der Waals surface area contributed by atoms with Crippen LogP contribution >= 0.6 is 15.6 Å². The SMILES string of the molecule is CCCCCCCCCCCCCCCC(=O)OC[C@H](COP(=O)(O)OC[C@H](O)COP(=O)(O)OC[C@@H](COC(=O)CCCCCCCCCCCCCCC(C)C)OC(=O)CCCCCCCCCCCCCCC(C)C)OC(=O)CCCCCCCCCCCCC(C)C. The third-order valence-corrected chi connectivity index (χ3v) is 19.8. The predicted octanol–water partition coefficient (Wildman–Crippen LogP) is 22.6. The fourth-order valence-corrected chi connectivity index (χ4v) is 13.4. The van der Waals surface area contributed by atoms with Crippen LogP contribution < -0.4 is 0 Å². The molecule has 570 valence electrons. The minimum absolute atomic E-state index is 0.106. The molecule has 0 aliphatic rings. The van der Waals surface area contributed by atoms with Gasteiger partial charge in [-0.05, 0) is 43.4 Å². The molecule has 0 radical (unpaired) electrons. The van der Waals surface area contributed by atoms with Gasteiger partial charge in [-0.3, -0.25) is 37.3 Å². The summed E-state index contributed by atoms with van der Waals surface area (Å²) in [7, 11) is -9.92. The van der Waals surface area contributed by atoms with Crippen LogP contribution in [-0.2, 0) is 65.4 Å². The first-order valence-electron chi connectivity index (χ1n) is 39.8. The largest absolute Gasteiger partial charge is 0.472 e. The van der Waals surface area contributed by atoms with Gasteiger partial charge in [0.15, 0.2) is 12.2 Å². The van der Waals surface area contributed by atoms with E-state index in [0.717, 1.165) is 108 Å². The molecule has 17 nitrogen and oxygen atoms in total. The highest BCUT2D eigenvalue weighted by atomic mass is 31.2. The van der Waals surface area contributed by atoms with Crippen molar-refractivity contribution in [2.75, 3.05) is 39.6 Å². The lowest BCUT2D eigenvalue weighted by atomic mass is 10.0. The number of unbranched alkanes of at least 4 members (excludes halogenated alkanes) is 43. The summed E-state index contributed by atoms with van der Waals surface area (Å²) >= 11 is 0. The maximum absolute atomic E-state index is 13.1. The maximum Gasteiger partial charge on any atom is 0.472 e. The molecule has 0 fully saturated rings. The number of carbonyl (C=O) groups is 4. The van der Waals surface area contributed by atoms with Gasteiger partial charge in [-0.1, -0.05) is 344 Å². The van der Waals surface area contributed by atoms with E-state index >= 15 is 0 Å². The van der Waals surface area contributed by atoms with Crippen LogP contribution in [0, 0.1) is 17.8 Å². The zero-order valence-electron chi connectivity index (χ0n) is 62.8. The Balaban J connectivity index is 5.27. The Morgan fingerprint density at radius 1 is 0.281 bits per heavy atom. The molecule has 0 bridgehead atoms. The lowest BCUT2D eigenvalue weighted by molar-refractivity contribution is -0.161. The lowest BCUT2D eigenvalue weighted by Crippen LogP contribution is -2.30. The van der Waals surface area contributed by atoms with Crippen molar-refractivity contribution < 1.29 is 80.2 Å². The molecule has 0 saturated carbocycles. The van der Waals surface area contributed by atoms with E-state index in [1.807, 2.05) is 0 Å². The quantitative estimate of drug-likeness (QED) is 0.0222. The summed E-state index contributed by atoms with van der Waals surface area (Å²) in [6.45, 7) is 11.9. The van der Waals surface area contributed by atoms with Gasteiger partial charge in [-0.15, -0.1) is 0 Å². The Labute approximate surface area is 588 Å². The second-order valence-corrected chi connectivity index (χ2v) is 32.1. The highest BCUT2D eigenvalue weighted by Gasteiger charge is 2.30. The van der Waals surface area contributed by atoms with Crippen molar-refractivity contribution >= 4 is 39.5 Å². The second-order valence-electron chi connectivity index (χ2n) is 29.2. The third kappa shape index (κ3) is 70.5. The van der Waals surface area contributed by atoms with Crippen molar-refractivity contribution in [1.82, 2.24) is 0 Å². The summed E-state index contributed by atoms with van der Waals surface area (Å²) in [5.41, 5.74) is 0. The van der Waals surface area contributed by atoms with E-state index in [2.05, 4.69) is 48.5 Å². The van der Waals surface area contributed by atoms with Gasteiger partial charge in [-0.2, -0.15) is 0 Å². The van der Waals surface area contributed by atoms with Crippen molar-refractivity contribution in [1.29, 1.82) is 0 Å². The van der Waals surface area contributed by atoms with Gasteiger partial charge in [0.1, 0.15) is 19.3 Å². The molecule has 0 aromatic heterocycles. The Morgan fingerprint density at radius 3 is 0.708 bits per heavy atom. The van der Waals surface area contributed by atoms with Gasteiger partial charge in [0.25, 0.3) is 0 Å².